The summed E-state index contributed by atoms with van der Waals surface area (Å²) in [7, 11) is 0. The van der Waals surface area contributed by atoms with Gasteiger partial charge in [-0.05, 0) is 49.7 Å². The second kappa shape index (κ2) is 4.01. The van der Waals surface area contributed by atoms with Crippen molar-refractivity contribution in [1.29, 1.82) is 0 Å². The molecule has 5 aliphatic rings. The summed E-state index contributed by atoms with van der Waals surface area (Å²) in [5.74, 6) is -3.18. The van der Waals surface area contributed by atoms with E-state index in [4.69, 9.17) is 4.74 Å². The number of rotatable bonds is 1. The lowest BCUT2D eigenvalue weighted by atomic mass is 9.61. The zero-order valence-corrected chi connectivity index (χ0v) is 14.1. The first-order valence-corrected chi connectivity index (χ1v) is 8.86. The molecule has 5 rings (SSSR count). The van der Waals surface area contributed by atoms with E-state index < -0.39 is 51.9 Å². The quantitative estimate of drug-likeness (QED) is 0.484. The van der Waals surface area contributed by atoms with E-state index >= 15 is 0 Å². The average Bonchev–Trinajstić information content (AvgIpc) is 2.95. The number of esters is 1. The van der Waals surface area contributed by atoms with Gasteiger partial charge >= 0.3 is 11.9 Å². The third-order valence-corrected chi connectivity index (χ3v) is 8.12. The number of aliphatic hydroxyl groups is 2. The molecule has 3 saturated carbocycles. The maximum absolute atomic E-state index is 12.7. The van der Waals surface area contributed by atoms with Gasteiger partial charge in [0.15, 0.2) is 0 Å². The fraction of sp³-hybridized carbons (Fsp3) is 0.684. The van der Waals surface area contributed by atoms with E-state index in [9.17, 15) is 24.9 Å². The van der Waals surface area contributed by atoms with Gasteiger partial charge in [0, 0.05) is 11.8 Å². The van der Waals surface area contributed by atoms with Crippen LogP contribution in [0.15, 0.2) is 24.3 Å². The highest BCUT2D eigenvalue weighted by Crippen LogP contribution is 2.77. The number of carboxylic acid groups (broad SMARTS) is 1. The Morgan fingerprint density at radius 2 is 2.16 bits per heavy atom. The van der Waals surface area contributed by atoms with Crippen molar-refractivity contribution in [3.63, 3.8) is 0 Å². The number of aliphatic carboxylic acids is 1. The number of hydrogen-bond donors (Lipinski definition) is 3. The topological polar surface area (TPSA) is 104 Å². The van der Waals surface area contributed by atoms with Gasteiger partial charge in [-0.2, -0.15) is 0 Å². The van der Waals surface area contributed by atoms with Gasteiger partial charge in [-0.25, -0.2) is 0 Å². The standard InChI is InChI=1S/C19H22O6/c1-9-7-17-8-18(9,24)5-3-10(17)19-6-4-11(20)16(2,15(23)25-19)13(19)12(17)14(21)22/h4,6,10-13,20,24H,1,3,5,7-8H2,2H3,(H,21,22)/t10-,11+,12?,13?,16+,17+,18+,19-/m1/s1. The molecule has 4 aliphatic carbocycles. The molecule has 6 heteroatoms. The number of hydrogen-bond acceptors (Lipinski definition) is 5. The van der Waals surface area contributed by atoms with Crippen LogP contribution >= 0.6 is 0 Å². The minimum atomic E-state index is -1.27. The van der Waals surface area contributed by atoms with Crippen molar-refractivity contribution in [2.24, 2.45) is 28.6 Å². The number of carboxylic acids is 1. The van der Waals surface area contributed by atoms with Crippen LogP contribution < -0.4 is 0 Å². The molecule has 0 aromatic heterocycles. The summed E-state index contributed by atoms with van der Waals surface area (Å²) in [5, 5.41) is 31.6. The zero-order chi connectivity index (χ0) is 18.0. The van der Waals surface area contributed by atoms with Gasteiger partial charge in [0.1, 0.15) is 11.0 Å². The smallest absolute Gasteiger partial charge is 0.316 e. The molecular weight excluding hydrogens is 324 g/mol. The molecule has 4 bridgehead atoms. The molecule has 0 amide bonds. The van der Waals surface area contributed by atoms with Crippen LogP contribution in [0.4, 0.5) is 0 Å². The summed E-state index contributed by atoms with van der Waals surface area (Å²) in [6.45, 7) is 5.64. The highest BCUT2D eigenvalue weighted by molar-refractivity contribution is 5.86. The Morgan fingerprint density at radius 1 is 1.44 bits per heavy atom. The van der Waals surface area contributed by atoms with Gasteiger partial charge in [0.2, 0.25) is 0 Å². The molecule has 3 N–H and O–H groups in total. The molecule has 25 heavy (non-hydrogen) atoms. The first-order valence-electron chi connectivity index (χ1n) is 8.86. The molecule has 134 valence electrons. The molecule has 6 nitrogen and oxygen atoms in total. The van der Waals surface area contributed by atoms with Crippen LogP contribution in [0.25, 0.3) is 0 Å². The molecule has 1 aliphatic heterocycles. The predicted molar refractivity (Wildman–Crippen MR) is 85.2 cm³/mol. The van der Waals surface area contributed by atoms with Crippen LogP contribution in [0.1, 0.15) is 32.6 Å². The number of aliphatic hydroxyl groups excluding tert-OH is 1. The summed E-state index contributed by atoms with van der Waals surface area (Å²) in [4.78, 5) is 25.1. The molecule has 1 heterocycles. The molecule has 0 radical (unpaired) electrons. The fourth-order valence-corrected chi connectivity index (χ4v) is 7.13. The molecule has 4 fully saturated rings. The van der Waals surface area contributed by atoms with Gasteiger partial charge in [-0.15, -0.1) is 0 Å². The third-order valence-electron chi connectivity index (χ3n) is 8.12. The summed E-state index contributed by atoms with van der Waals surface area (Å²) < 4.78 is 5.87. The Hall–Kier alpha value is -1.66. The summed E-state index contributed by atoms with van der Waals surface area (Å²) in [5.41, 5.74) is -3.29. The normalized spacial score (nSPS) is 58.0. The lowest BCUT2D eigenvalue weighted by molar-refractivity contribution is -0.163. The van der Waals surface area contributed by atoms with Crippen LogP contribution in [0, 0.1) is 28.6 Å². The average molecular weight is 346 g/mol. The van der Waals surface area contributed by atoms with E-state index in [1.54, 1.807) is 19.1 Å². The minimum Gasteiger partial charge on any atom is -0.481 e. The molecule has 1 saturated heterocycles. The molecule has 8 atom stereocenters. The maximum atomic E-state index is 12.7. The van der Waals surface area contributed by atoms with Crippen molar-refractivity contribution in [2.45, 2.75) is 49.9 Å². The molecule has 0 aromatic carbocycles. The summed E-state index contributed by atoms with van der Waals surface area (Å²) >= 11 is 0. The summed E-state index contributed by atoms with van der Waals surface area (Å²) in [6.07, 6.45) is 4.11. The number of fused-ring (bicyclic) bond motifs is 1. The van der Waals surface area contributed by atoms with Gasteiger partial charge < -0.3 is 20.1 Å². The first-order chi connectivity index (χ1) is 11.6. The van der Waals surface area contributed by atoms with Crippen LogP contribution in [-0.2, 0) is 14.3 Å². The van der Waals surface area contributed by atoms with Crippen molar-refractivity contribution in [3.05, 3.63) is 24.3 Å². The van der Waals surface area contributed by atoms with E-state index in [-0.39, 0.29) is 5.92 Å². The van der Waals surface area contributed by atoms with Crippen molar-refractivity contribution in [2.75, 3.05) is 0 Å². The maximum Gasteiger partial charge on any atom is 0.316 e. The van der Waals surface area contributed by atoms with Crippen LogP contribution in [-0.4, -0.2) is 44.6 Å². The fourth-order valence-electron chi connectivity index (χ4n) is 7.13. The van der Waals surface area contributed by atoms with E-state index in [0.717, 1.165) is 0 Å². The largest absolute Gasteiger partial charge is 0.481 e. The van der Waals surface area contributed by atoms with Crippen LogP contribution in [0.2, 0.25) is 0 Å². The van der Waals surface area contributed by atoms with Crippen LogP contribution in [0.3, 0.4) is 0 Å². The van der Waals surface area contributed by atoms with E-state index in [1.165, 1.54) is 0 Å². The van der Waals surface area contributed by atoms with Crippen molar-refractivity contribution < 1.29 is 29.6 Å². The van der Waals surface area contributed by atoms with E-state index in [1.807, 2.05) is 0 Å². The highest BCUT2D eigenvalue weighted by Gasteiger charge is 2.83. The van der Waals surface area contributed by atoms with E-state index in [2.05, 4.69) is 6.58 Å². The monoisotopic (exact) mass is 346 g/mol. The minimum absolute atomic E-state index is 0.180. The number of carbonyl (C=O) groups excluding carboxylic acids is 1. The number of ether oxygens (including phenoxy) is 1. The second-order valence-corrected chi connectivity index (χ2v) is 8.94. The van der Waals surface area contributed by atoms with Gasteiger partial charge in [-0.1, -0.05) is 12.7 Å². The van der Waals surface area contributed by atoms with Gasteiger partial charge in [0.05, 0.1) is 17.6 Å². The Bertz CT molecular complexity index is 772. The third kappa shape index (κ3) is 1.36. The zero-order valence-electron chi connectivity index (χ0n) is 14.1. The first kappa shape index (κ1) is 15.6. The lowest BCUT2D eigenvalue weighted by Crippen LogP contribution is -2.50. The van der Waals surface area contributed by atoms with Gasteiger partial charge in [0.25, 0.3) is 0 Å². The molecular formula is C19H22O6. The highest BCUT2D eigenvalue weighted by atomic mass is 16.6. The predicted octanol–water partition coefficient (Wildman–Crippen LogP) is 1.03. The van der Waals surface area contributed by atoms with Crippen molar-refractivity contribution in [1.82, 2.24) is 0 Å². The Balaban J connectivity index is 1.78. The Kier molecular flexibility index (Phi) is 2.50. The van der Waals surface area contributed by atoms with Gasteiger partial charge in [-0.3, -0.25) is 9.59 Å². The lowest BCUT2D eigenvalue weighted by Gasteiger charge is -2.44. The SMILES string of the molecule is C=C1C[C@]23C[C@@]1(O)CC[C@H]2[C@@]12C=C[C@H](O)[C@](C)(C(=O)O1)C2C3C(=O)O. The number of carbonyl (C=O) groups is 2. The van der Waals surface area contributed by atoms with Crippen molar-refractivity contribution in [3.8, 4) is 0 Å². The van der Waals surface area contributed by atoms with Crippen LogP contribution in [0.5, 0.6) is 0 Å². The Labute approximate surface area is 145 Å². The second-order valence-electron chi connectivity index (χ2n) is 8.94. The Morgan fingerprint density at radius 3 is 2.84 bits per heavy atom. The molecule has 1 spiro atoms. The molecule has 0 aromatic rings. The molecule has 2 unspecified atom stereocenters. The van der Waals surface area contributed by atoms with Crippen molar-refractivity contribution >= 4 is 11.9 Å². The van der Waals surface area contributed by atoms with E-state index in [0.29, 0.717) is 31.3 Å². The summed E-state index contributed by atoms with van der Waals surface area (Å²) in [6, 6.07) is 0.